The molecule has 0 spiro atoms. The standard InChI is InChI=1S/C18H25F2NO/c1-11-9-18(4,12-6-7-14(19)15(20)8-12)10-13-16(11)21(5)22-17(13,2)3/h6-8,11,13,16H,9-10H2,1-5H3. The minimum Gasteiger partial charge on any atom is -0.293 e. The average Bonchev–Trinajstić information content (AvgIpc) is 2.62. The number of hydrogen-bond acceptors (Lipinski definition) is 2. The molecule has 0 aromatic heterocycles. The predicted octanol–water partition coefficient (Wildman–Crippen LogP) is 4.29. The SMILES string of the molecule is CC1CC(C)(c2ccc(F)c(F)c2)CC2C1N(C)OC2(C)C. The van der Waals surface area contributed by atoms with Gasteiger partial charge in [-0.1, -0.05) is 19.9 Å². The summed E-state index contributed by atoms with van der Waals surface area (Å²) in [4.78, 5) is 6.04. The van der Waals surface area contributed by atoms with Gasteiger partial charge in [-0.05, 0) is 55.7 Å². The highest BCUT2D eigenvalue weighted by Crippen LogP contribution is 2.53. The average molecular weight is 309 g/mol. The first-order valence-corrected chi connectivity index (χ1v) is 8.01. The van der Waals surface area contributed by atoms with Crippen molar-refractivity contribution in [2.24, 2.45) is 11.8 Å². The zero-order valence-corrected chi connectivity index (χ0v) is 14.0. The van der Waals surface area contributed by atoms with E-state index in [1.165, 1.54) is 12.1 Å². The summed E-state index contributed by atoms with van der Waals surface area (Å²) in [6.07, 6.45) is 1.87. The van der Waals surface area contributed by atoms with Gasteiger partial charge >= 0.3 is 0 Å². The predicted molar refractivity (Wildman–Crippen MR) is 82.3 cm³/mol. The van der Waals surface area contributed by atoms with Gasteiger partial charge in [0, 0.05) is 19.0 Å². The molecule has 1 aliphatic heterocycles. The molecule has 1 aromatic rings. The van der Waals surface area contributed by atoms with Crippen LogP contribution in [0.1, 0.15) is 46.1 Å². The Kier molecular flexibility index (Phi) is 3.61. The zero-order valence-electron chi connectivity index (χ0n) is 14.0. The monoisotopic (exact) mass is 309 g/mol. The van der Waals surface area contributed by atoms with Crippen molar-refractivity contribution in [3.8, 4) is 0 Å². The van der Waals surface area contributed by atoms with E-state index in [0.29, 0.717) is 17.9 Å². The molecule has 1 saturated heterocycles. The fourth-order valence-corrected chi connectivity index (χ4v) is 4.79. The summed E-state index contributed by atoms with van der Waals surface area (Å²) >= 11 is 0. The van der Waals surface area contributed by atoms with Crippen LogP contribution in [-0.2, 0) is 10.3 Å². The van der Waals surface area contributed by atoms with Gasteiger partial charge in [0.25, 0.3) is 0 Å². The van der Waals surface area contributed by atoms with Crippen LogP contribution < -0.4 is 0 Å². The van der Waals surface area contributed by atoms with Crippen LogP contribution in [0.15, 0.2) is 18.2 Å². The highest BCUT2D eigenvalue weighted by Gasteiger charge is 2.55. The highest BCUT2D eigenvalue weighted by atomic mass is 19.2. The van der Waals surface area contributed by atoms with Gasteiger partial charge in [0.1, 0.15) is 0 Å². The molecule has 0 N–H and O–H groups in total. The summed E-state index contributed by atoms with van der Waals surface area (Å²) in [6, 6.07) is 4.73. The van der Waals surface area contributed by atoms with Crippen molar-refractivity contribution >= 4 is 0 Å². The normalized spacial score (nSPS) is 38.0. The summed E-state index contributed by atoms with van der Waals surface area (Å²) in [5, 5.41) is 2.00. The fraction of sp³-hybridized carbons (Fsp3) is 0.667. The van der Waals surface area contributed by atoms with Crippen LogP contribution in [0, 0.1) is 23.5 Å². The first-order valence-electron chi connectivity index (χ1n) is 8.01. The molecule has 2 aliphatic rings. The molecule has 2 fully saturated rings. The number of fused-ring (bicyclic) bond motifs is 1. The van der Waals surface area contributed by atoms with Crippen LogP contribution in [0.5, 0.6) is 0 Å². The summed E-state index contributed by atoms with van der Waals surface area (Å²) in [5.41, 5.74) is 0.511. The van der Waals surface area contributed by atoms with E-state index < -0.39 is 11.6 Å². The lowest BCUT2D eigenvalue weighted by molar-refractivity contribution is -0.182. The number of hydrogen-bond donors (Lipinski definition) is 0. The maximum Gasteiger partial charge on any atom is 0.159 e. The van der Waals surface area contributed by atoms with Gasteiger partial charge < -0.3 is 0 Å². The van der Waals surface area contributed by atoms with Crippen LogP contribution in [-0.4, -0.2) is 23.8 Å². The number of hydroxylamine groups is 2. The summed E-state index contributed by atoms with van der Waals surface area (Å²) in [5.74, 6) is -0.728. The molecule has 0 amide bonds. The van der Waals surface area contributed by atoms with E-state index >= 15 is 0 Å². The van der Waals surface area contributed by atoms with E-state index in [2.05, 4.69) is 27.7 Å². The summed E-state index contributed by atoms with van der Waals surface area (Å²) in [7, 11) is 2.00. The molecule has 4 atom stereocenters. The van der Waals surface area contributed by atoms with Crippen molar-refractivity contribution in [2.45, 2.75) is 57.6 Å². The van der Waals surface area contributed by atoms with E-state index in [0.717, 1.165) is 18.4 Å². The molecule has 1 aromatic carbocycles. The zero-order chi connectivity index (χ0) is 16.3. The maximum absolute atomic E-state index is 13.7. The van der Waals surface area contributed by atoms with Crippen molar-refractivity contribution in [1.29, 1.82) is 0 Å². The second-order valence-electron chi connectivity index (χ2n) is 7.91. The minimum atomic E-state index is -0.779. The highest BCUT2D eigenvalue weighted by molar-refractivity contribution is 5.28. The van der Waals surface area contributed by atoms with E-state index in [9.17, 15) is 8.78 Å². The van der Waals surface area contributed by atoms with Crippen LogP contribution >= 0.6 is 0 Å². The van der Waals surface area contributed by atoms with Gasteiger partial charge in [0.05, 0.1) is 5.60 Å². The second-order valence-corrected chi connectivity index (χ2v) is 7.91. The van der Waals surface area contributed by atoms with E-state index in [4.69, 9.17) is 4.84 Å². The molecule has 22 heavy (non-hydrogen) atoms. The molecule has 2 nitrogen and oxygen atoms in total. The quantitative estimate of drug-likeness (QED) is 0.767. The second kappa shape index (κ2) is 5.00. The third-order valence-corrected chi connectivity index (χ3v) is 5.75. The molecule has 1 aliphatic carbocycles. The maximum atomic E-state index is 13.7. The van der Waals surface area contributed by atoms with Crippen molar-refractivity contribution in [3.05, 3.63) is 35.4 Å². The third-order valence-electron chi connectivity index (χ3n) is 5.75. The molecule has 0 bridgehead atoms. The molecule has 4 heteroatoms. The molecule has 4 unspecified atom stereocenters. The molecular formula is C18H25F2NO. The Bertz CT molecular complexity index is 588. The van der Waals surface area contributed by atoms with Crippen LogP contribution in [0.3, 0.4) is 0 Å². The Labute approximate surface area is 131 Å². The van der Waals surface area contributed by atoms with Gasteiger partial charge in [-0.3, -0.25) is 4.84 Å². The lowest BCUT2D eigenvalue weighted by atomic mass is 9.59. The minimum absolute atomic E-state index is 0.152. The fourth-order valence-electron chi connectivity index (χ4n) is 4.79. The van der Waals surface area contributed by atoms with Crippen molar-refractivity contribution in [3.63, 3.8) is 0 Å². The van der Waals surface area contributed by atoms with Gasteiger partial charge in [-0.2, -0.15) is 5.06 Å². The Morgan fingerprint density at radius 3 is 2.45 bits per heavy atom. The Balaban J connectivity index is 1.97. The third kappa shape index (κ3) is 2.37. The van der Waals surface area contributed by atoms with Gasteiger partial charge in [0.15, 0.2) is 11.6 Å². The van der Waals surface area contributed by atoms with Crippen molar-refractivity contribution in [1.82, 2.24) is 5.06 Å². The lowest BCUT2D eigenvalue weighted by Gasteiger charge is -2.46. The van der Waals surface area contributed by atoms with Crippen LogP contribution in [0.4, 0.5) is 8.78 Å². The first-order chi connectivity index (χ1) is 10.1. The molecular weight excluding hydrogens is 284 g/mol. The smallest absolute Gasteiger partial charge is 0.159 e. The van der Waals surface area contributed by atoms with Gasteiger partial charge in [-0.25, -0.2) is 8.78 Å². The number of halogens is 2. The van der Waals surface area contributed by atoms with Crippen molar-refractivity contribution in [2.75, 3.05) is 7.05 Å². The Morgan fingerprint density at radius 2 is 1.82 bits per heavy atom. The first kappa shape index (κ1) is 15.9. The number of nitrogens with zero attached hydrogens (tertiary/aromatic N) is 1. The molecule has 0 radical (unpaired) electrons. The Hall–Kier alpha value is -1.00. The van der Waals surface area contributed by atoms with Gasteiger partial charge in [-0.15, -0.1) is 0 Å². The Morgan fingerprint density at radius 1 is 1.14 bits per heavy atom. The topological polar surface area (TPSA) is 12.5 Å². The van der Waals surface area contributed by atoms with E-state index in [1.807, 2.05) is 12.1 Å². The number of benzene rings is 1. The van der Waals surface area contributed by atoms with Gasteiger partial charge in [0.2, 0.25) is 0 Å². The molecule has 1 saturated carbocycles. The van der Waals surface area contributed by atoms with E-state index in [-0.39, 0.29) is 11.0 Å². The van der Waals surface area contributed by atoms with Crippen molar-refractivity contribution < 1.29 is 13.6 Å². The summed E-state index contributed by atoms with van der Waals surface area (Å²) in [6.45, 7) is 8.65. The van der Waals surface area contributed by atoms with E-state index in [1.54, 1.807) is 6.07 Å². The molecule has 122 valence electrons. The van der Waals surface area contributed by atoms with Crippen LogP contribution in [0.2, 0.25) is 0 Å². The van der Waals surface area contributed by atoms with Crippen LogP contribution in [0.25, 0.3) is 0 Å². The molecule has 3 rings (SSSR count). The summed E-state index contributed by atoms with van der Waals surface area (Å²) < 4.78 is 26.9. The molecule has 1 heterocycles. The lowest BCUT2D eigenvalue weighted by Crippen LogP contribution is -2.48. The number of rotatable bonds is 1. The largest absolute Gasteiger partial charge is 0.293 e.